The van der Waals surface area contributed by atoms with Gasteiger partial charge in [-0.25, -0.2) is 0 Å². The Morgan fingerprint density at radius 1 is 1.53 bits per heavy atom. The van der Waals surface area contributed by atoms with Crippen LogP contribution in [0.3, 0.4) is 0 Å². The molecule has 0 aromatic heterocycles. The number of carbonyl (C=O) groups excluding carboxylic acids is 1. The minimum atomic E-state index is -0.962. The van der Waals surface area contributed by atoms with Gasteiger partial charge in [0.05, 0.1) is 10.7 Å². The van der Waals surface area contributed by atoms with Crippen LogP contribution in [0.1, 0.15) is 19.8 Å². The second kappa shape index (κ2) is 6.26. The van der Waals surface area contributed by atoms with E-state index in [1.807, 2.05) is 24.3 Å². The first kappa shape index (κ1) is 14.2. The Hall–Kier alpha value is -1.26. The first-order valence-electron chi connectivity index (χ1n) is 6.56. The predicted octanol–water partition coefficient (Wildman–Crippen LogP) is 1.81. The molecule has 0 spiro atoms. The molecule has 19 heavy (non-hydrogen) atoms. The highest BCUT2D eigenvalue weighted by Gasteiger charge is 2.23. The summed E-state index contributed by atoms with van der Waals surface area (Å²) in [5, 5.41) is 12.8. The van der Waals surface area contributed by atoms with Crippen molar-refractivity contribution < 1.29 is 9.90 Å². The molecule has 1 aromatic rings. The number of nitrogens with zero attached hydrogens (tertiary/aromatic N) is 1. The molecule has 0 aliphatic carbocycles. The Kier molecular flexibility index (Phi) is 4.66. The lowest BCUT2D eigenvalue weighted by Crippen LogP contribution is -2.50. The number of hydrogen-bond acceptors (Lipinski definition) is 3. The monoisotopic (exact) mass is 282 g/mol. The number of aliphatic hydroxyl groups excluding tert-OH is 1. The largest absolute Gasteiger partial charge is 0.384 e. The van der Waals surface area contributed by atoms with Crippen LogP contribution < -0.4 is 10.2 Å². The number of aliphatic hydroxyl groups is 1. The standard InChI is InChI=1S/C14H19ClN2O2/c1-10(18)14(19)16-11-5-4-8-17(9-11)13-7-3-2-6-12(13)15/h2-3,6-7,10-11,18H,4-5,8-9H2,1H3,(H,16,19). The molecule has 1 aliphatic rings. The van der Waals surface area contributed by atoms with Gasteiger partial charge in [0.1, 0.15) is 6.10 Å². The van der Waals surface area contributed by atoms with Gasteiger partial charge in [0.25, 0.3) is 0 Å². The number of halogens is 1. The van der Waals surface area contributed by atoms with Gasteiger partial charge in [0, 0.05) is 19.1 Å². The predicted molar refractivity (Wildman–Crippen MR) is 76.5 cm³/mol. The summed E-state index contributed by atoms with van der Waals surface area (Å²) in [5.41, 5.74) is 1.00. The van der Waals surface area contributed by atoms with Crippen molar-refractivity contribution >= 4 is 23.2 Å². The molecule has 1 aromatic carbocycles. The molecule has 1 heterocycles. The van der Waals surface area contributed by atoms with Crippen LogP contribution >= 0.6 is 11.6 Å². The fraction of sp³-hybridized carbons (Fsp3) is 0.500. The van der Waals surface area contributed by atoms with E-state index >= 15 is 0 Å². The molecule has 2 rings (SSSR count). The maximum absolute atomic E-state index is 11.5. The van der Waals surface area contributed by atoms with Crippen LogP contribution in [-0.2, 0) is 4.79 Å². The Labute approximate surface area is 118 Å². The molecule has 1 aliphatic heterocycles. The molecule has 104 valence electrons. The molecule has 2 N–H and O–H groups in total. The van der Waals surface area contributed by atoms with E-state index in [4.69, 9.17) is 11.6 Å². The summed E-state index contributed by atoms with van der Waals surface area (Å²) in [6.07, 6.45) is 0.964. The first-order valence-corrected chi connectivity index (χ1v) is 6.93. The maximum atomic E-state index is 11.5. The molecule has 0 radical (unpaired) electrons. The normalized spacial score (nSPS) is 21.0. The Morgan fingerprint density at radius 3 is 2.95 bits per heavy atom. The van der Waals surface area contributed by atoms with E-state index in [1.165, 1.54) is 6.92 Å². The van der Waals surface area contributed by atoms with Crippen LogP contribution in [0.25, 0.3) is 0 Å². The fourth-order valence-electron chi connectivity index (χ4n) is 2.34. The van der Waals surface area contributed by atoms with Crippen molar-refractivity contribution in [1.29, 1.82) is 0 Å². The molecular formula is C14H19ClN2O2. The van der Waals surface area contributed by atoms with E-state index in [-0.39, 0.29) is 11.9 Å². The summed E-state index contributed by atoms with van der Waals surface area (Å²) in [4.78, 5) is 13.7. The Bertz CT molecular complexity index is 451. The average molecular weight is 283 g/mol. The van der Waals surface area contributed by atoms with Crippen molar-refractivity contribution in [1.82, 2.24) is 5.32 Å². The van der Waals surface area contributed by atoms with Crippen molar-refractivity contribution in [3.05, 3.63) is 29.3 Å². The topological polar surface area (TPSA) is 52.6 Å². The van der Waals surface area contributed by atoms with Gasteiger partial charge in [0.2, 0.25) is 5.91 Å². The third-order valence-corrected chi connectivity index (χ3v) is 3.66. The first-order chi connectivity index (χ1) is 9.08. The number of nitrogens with one attached hydrogen (secondary N) is 1. The zero-order chi connectivity index (χ0) is 13.8. The lowest BCUT2D eigenvalue weighted by atomic mass is 10.0. The van der Waals surface area contributed by atoms with Gasteiger partial charge in [-0.05, 0) is 31.9 Å². The van der Waals surface area contributed by atoms with Gasteiger partial charge in [0.15, 0.2) is 0 Å². The summed E-state index contributed by atoms with van der Waals surface area (Å²) in [6, 6.07) is 7.78. The van der Waals surface area contributed by atoms with E-state index in [0.29, 0.717) is 0 Å². The van der Waals surface area contributed by atoms with Crippen LogP contribution in [0.2, 0.25) is 5.02 Å². The lowest BCUT2D eigenvalue weighted by molar-refractivity contribution is -0.129. The average Bonchev–Trinajstić information content (AvgIpc) is 2.39. The summed E-state index contributed by atoms with van der Waals surface area (Å²) < 4.78 is 0. The Balaban J connectivity index is 2.01. The van der Waals surface area contributed by atoms with Crippen LogP contribution in [0.15, 0.2) is 24.3 Å². The van der Waals surface area contributed by atoms with Crippen LogP contribution in [-0.4, -0.2) is 36.2 Å². The number of rotatable bonds is 3. The third-order valence-electron chi connectivity index (χ3n) is 3.34. The second-order valence-electron chi connectivity index (χ2n) is 4.92. The SMILES string of the molecule is CC(O)C(=O)NC1CCCN(c2ccccc2Cl)C1. The quantitative estimate of drug-likeness (QED) is 0.889. The van der Waals surface area contributed by atoms with Crippen molar-refractivity contribution in [2.45, 2.75) is 31.9 Å². The zero-order valence-electron chi connectivity index (χ0n) is 11.0. The number of anilines is 1. The minimum absolute atomic E-state index is 0.0622. The highest BCUT2D eigenvalue weighted by atomic mass is 35.5. The third kappa shape index (κ3) is 3.61. The van der Waals surface area contributed by atoms with E-state index < -0.39 is 6.10 Å². The van der Waals surface area contributed by atoms with Crippen molar-refractivity contribution in [2.24, 2.45) is 0 Å². The van der Waals surface area contributed by atoms with E-state index in [2.05, 4.69) is 10.2 Å². The molecule has 0 bridgehead atoms. The lowest BCUT2D eigenvalue weighted by Gasteiger charge is -2.35. The number of hydrogen-bond donors (Lipinski definition) is 2. The summed E-state index contributed by atoms with van der Waals surface area (Å²) in [6.45, 7) is 3.14. The molecule has 2 unspecified atom stereocenters. The number of amides is 1. The number of para-hydroxylation sites is 1. The number of carbonyl (C=O) groups is 1. The molecule has 1 fully saturated rings. The number of piperidine rings is 1. The van der Waals surface area contributed by atoms with Crippen molar-refractivity contribution in [3.63, 3.8) is 0 Å². The highest BCUT2D eigenvalue weighted by Crippen LogP contribution is 2.27. The second-order valence-corrected chi connectivity index (χ2v) is 5.33. The minimum Gasteiger partial charge on any atom is -0.384 e. The van der Waals surface area contributed by atoms with Crippen molar-refractivity contribution in [2.75, 3.05) is 18.0 Å². The Morgan fingerprint density at radius 2 is 2.26 bits per heavy atom. The molecule has 2 atom stereocenters. The van der Waals surface area contributed by atoms with E-state index in [9.17, 15) is 9.90 Å². The van der Waals surface area contributed by atoms with Crippen LogP contribution in [0.4, 0.5) is 5.69 Å². The summed E-state index contributed by atoms with van der Waals surface area (Å²) in [5.74, 6) is -0.314. The van der Waals surface area contributed by atoms with E-state index in [1.54, 1.807) is 0 Å². The molecule has 4 nitrogen and oxygen atoms in total. The molecule has 1 amide bonds. The van der Waals surface area contributed by atoms with Gasteiger partial charge >= 0.3 is 0 Å². The molecule has 1 saturated heterocycles. The number of benzene rings is 1. The highest BCUT2D eigenvalue weighted by molar-refractivity contribution is 6.33. The van der Waals surface area contributed by atoms with Gasteiger partial charge in [-0.15, -0.1) is 0 Å². The van der Waals surface area contributed by atoms with Gasteiger partial charge in [-0.2, -0.15) is 0 Å². The summed E-state index contributed by atoms with van der Waals surface area (Å²) >= 11 is 6.19. The smallest absolute Gasteiger partial charge is 0.248 e. The molecule has 0 saturated carbocycles. The zero-order valence-corrected chi connectivity index (χ0v) is 11.7. The fourth-order valence-corrected chi connectivity index (χ4v) is 2.60. The van der Waals surface area contributed by atoms with Gasteiger partial charge < -0.3 is 15.3 Å². The molecular weight excluding hydrogens is 264 g/mol. The van der Waals surface area contributed by atoms with Crippen molar-refractivity contribution in [3.8, 4) is 0 Å². The van der Waals surface area contributed by atoms with Crippen LogP contribution in [0.5, 0.6) is 0 Å². The maximum Gasteiger partial charge on any atom is 0.248 e. The molecule has 5 heteroatoms. The summed E-state index contributed by atoms with van der Waals surface area (Å²) in [7, 11) is 0. The van der Waals surface area contributed by atoms with Gasteiger partial charge in [-0.1, -0.05) is 23.7 Å². The van der Waals surface area contributed by atoms with E-state index in [0.717, 1.165) is 36.6 Å². The van der Waals surface area contributed by atoms with Gasteiger partial charge in [-0.3, -0.25) is 4.79 Å². The van der Waals surface area contributed by atoms with Crippen LogP contribution in [0, 0.1) is 0 Å².